The largest absolute Gasteiger partial charge is 0.379 e. The van der Waals surface area contributed by atoms with Crippen LogP contribution >= 0.6 is 0 Å². The molecule has 0 aliphatic carbocycles. The first kappa shape index (κ1) is 16.4. The first-order valence-electron chi connectivity index (χ1n) is 8.14. The van der Waals surface area contributed by atoms with E-state index in [0.29, 0.717) is 31.2 Å². The van der Waals surface area contributed by atoms with Crippen LogP contribution in [0.2, 0.25) is 0 Å². The number of morpholine rings is 1. The Kier molecular flexibility index (Phi) is 5.30. The molecule has 2 aliphatic heterocycles. The smallest absolute Gasteiger partial charge is 0.243 e. The second-order valence-corrected chi connectivity index (χ2v) is 7.75. The zero-order valence-corrected chi connectivity index (χ0v) is 14.0. The maximum Gasteiger partial charge on any atom is 0.243 e. The van der Waals surface area contributed by atoms with E-state index in [1.54, 1.807) is 18.2 Å². The number of ether oxygens (including phenoxy) is 1. The van der Waals surface area contributed by atoms with Crippen molar-refractivity contribution in [3.63, 3.8) is 0 Å². The van der Waals surface area contributed by atoms with Crippen LogP contribution in [-0.4, -0.2) is 51.4 Å². The van der Waals surface area contributed by atoms with Crippen LogP contribution < -0.4 is 5.32 Å². The highest BCUT2D eigenvalue weighted by molar-refractivity contribution is 7.89. The van der Waals surface area contributed by atoms with Gasteiger partial charge < -0.3 is 10.1 Å². The fourth-order valence-corrected chi connectivity index (χ4v) is 4.27. The molecule has 2 heterocycles. The summed E-state index contributed by atoms with van der Waals surface area (Å²) in [4.78, 5) is 4.85. The fourth-order valence-electron chi connectivity index (χ4n) is 2.81. The summed E-state index contributed by atoms with van der Waals surface area (Å²) in [5.74, 6) is 0.948. The molecule has 0 atom stereocenters. The molecule has 0 aromatic heterocycles. The van der Waals surface area contributed by atoms with Crippen molar-refractivity contribution in [3.05, 3.63) is 24.3 Å². The first-order chi connectivity index (χ1) is 11.2. The first-order valence-corrected chi connectivity index (χ1v) is 9.58. The zero-order chi connectivity index (χ0) is 16.1. The van der Waals surface area contributed by atoms with Gasteiger partial charge in [-0.2, -0.15) is 4.31 Å². The predicted molar refractivity (Wildman–Crippen MR) is 90.4 cm³/mol. The minimum absolute atomic E-state index is 0.318. The number of benzene rings is 1. The van der Waals surface area contributed by atoms with Crippen molar-refractivity contribution >= 4 is 21.5 Å². The zero-order valence-electron chi connectivity index (χ0n) is 13.2. The summed E-state index contributed by atoms with van der Waals surface area (Å²) >= 11 is 0. The molecule has 0 bridgehead atoms. The Hall–Kier alpha value is -1.44. The molecule has 3 rings (SSSR count). The Bertz CT molecular complexity index is 667. The highest BCUT2D eigenvalue weighted by atomic mass is 32.2. The van der Waals surface area contributed by atoms with Crippen LogP contribution in [-0.2, 0) is 14.8 Å². The van der Waals surface area contributed by atoms with Gasteiger partial charge >= 0.3 is 0 Å². The molecule has 0 spiro atoms. The van der Waals surface area contributed by atoms with Gasteiger partial charge in [-0.15, -0.1) is 0 Å². The van der Waals surface area contributed by atoms with Crippen LogP contribution in [0, 0.1) is 0 Å². The lowest BCUT2D eigenvalue weighted by Crippen LogP contribution is -2.40. The number of nitrogens with zero attached hydrogens (tertiary/aromatic N) is 2. The second kappa shape index (κ2) is 7.42. The van der Waals surface area contributed by atoms with Crippen LogP contribution in [0.25, 0.3) is 0 Å². The number of hydrogen-bond acceptors (Lipinski definition) is 5. The molecule has 1 fully saturated rings. The van der Waals surface area contributed by atoms with Gasteiger partial charge in [0.05, 0.1) is 18.1 Å². The van der Waals surface area contributed by atoms with Crippen LogP contribution in [0.4, 0.5) is 5.69 Å². The Labute approximate surface area is 137 Å². The molecule has 6 nitrogen and oxygen atoms in total. The van der Waals surface area contributed by atoms with Crippen molar-refractivity contribution in [2.75, 3.05) is 38.2 Å². The average molecular weight is 337 g/mol. The van der Waals surface area contributed by atoms with Gasteiger partial charge in [0.15, 0.2) is 0 Å². The van der Waals surface area contributed by atoms with Gasteiger partial charge in [0.2, 0.25) is 10.0 Å². The van der Waals surface area contributed by atoms with Crippen molar-refractivity contribution in [1.82, 2.24) is 4.31 Å². The summed E-state index contributed by atoms with van der Waals surface area (Å²) in [5, 5.41) is 3.28. The Morgan fingerprint density at radius 3 is 2.78 bits per heavy atom. The quantitative estimate of drug-likeness (QED) is 0.917. The van der Waals surface area contributed by atoms with E-state index >= 15 is 0 Å². The maximum atomic E-state index is 12.7. The lowest BCUT2D eigenvalue weighted by molar-refractivity contribution is 0.0730. The Morgan fingerprint density at radius 2 is 1.96 bits per heavy atom. The molecule has 1 saturated heterocycles. The number of sulfonamides is 1. The molecule has 1 aromatic rings. The molecule has 0 saturated carbocycles. The third-order valence-corrected chi connectivity index (χ3v) is 6.00. The Morgan fingerprint density at radius 1 is 1.13 bits per heavy atom. The van der Waals surface area contributed by atoms with E-state index in [4.69, 9.17) is 4.74 Å². The predicted octanol–water partition coefficient (Wildman–Crippen LogP) is 2.09. The van der Waals surface area contributed by atoms with Crippen molar-refractivity contribution in [1.29, 1.82) is 0 Å². The van der Waals surface area contributed by atoms with Crippen LogP contribution in [0.3, 0.4) is 0 Å². The van der Waals surface area contributed by atoms with Gasteiger partial charge in [0.1, 0.15) is 5.84 Å². The summed E-state index contributed by atoms with van der Waals surface area (Å²) in [7, 11) is -3.46. The Balaban J connectivity index is 1.77. The molecule has 0 unspecified atom stereocenters. The monoisotopic (exact) mass is 337 g/mol. The van der Waals surface area contributed by atoms with E-state index in [1.165, 1.54) is 10.7 Å². The van der Waals surface area contributed by atoms with Crippen LogP contribution in [0.5, 0.6) is 0 Å². The van der Waals surface area contributed by atoms with Gasteiger partial charge in [-0.25, -0.2) is 8.42 Å². The topological polar surface area (TPSA) is 71.0 Å². The van der Waals surface area contributed by atoms with Gasteiger partial charge in [-0.3, -0.25) is 4.99 Å². The maximum absolute atomic E-state index is 12.7. The van der Waals surface area contributed by atoms with Gasteiger partial charge in [0.25, 0.3) is 0 Å². The summed E-state index contributed by atoms with van der Waals surface area (Å²) in [5.41, 5.74) is 0.778. The van der Waals surface area contributed by atoms with Gasteiger partial charge in [-0.1, -0.05) is 12.5 Å². The highest BCUT2D eigenvalue weighted by Gasteiger charge is 2.26. The third-order valence-electron chi connectivity index (χ3n) is 4.10. The molecule has 1 N–H and O–H groups in total. The van der Waals surface area contributed by atoms with Crippen LogP contribution in [0.1, 0.15) is 25.7 Å². The molecule has 1 aromatic carbocycles. The normalized spacial score (nSPS) is 20.6. The lowest BCUT2D eigenvalue weighted by atomic mass is 10.2. The number of aliphatic imine (C=N–C) groups is 1. The number of nitrogens with one attached hydrogen (secondary N) is 1. The molecule has 126 valence electrons. The molecule has 0 radical (unpaired) electrons. The van der Waals surface area contributed by atoms with E-state index in [2.05, 4.69) is 10.3 Å². The number of hydrogen-bond donors (Lipinski definition) is 1. The van der Waals surface area contributed by atoms with E-state index in [9.17, 15) is 8.42 Å². The SMILES string of the molecule is O=S(=O)(c1cccc(NC2=NCCCCC2)c1)N1CCOCC1. The molecular formula is C16H23N3O3S. The van der Waals surface area contributed by atoms with E-state index in [-0.39, 0.29) is 0 Å². The number of amidine groups is 1. The van der Waals surface area contributed by atoms with Crippen LogP contribution in [0.15, 0.2) is 34.2 Å². The lowest BCUT2D eigenvalue weighted by Gasteiger charge is -2.26. The van der Waals surface area contributed by atoms with Gasteiger partial charge in [-0.05, 0) is 31.0 Å². The summed E-state index contributed by atoms with van der Waals surface area (Å²) in [6.07, 6.45) is 4.36. The van der Waals surface area contributed by atoms with E-state index in [0.717, 1.165) is 37.3 Å². The molecule has 23 heavy (non-hydrogen) atoms. The summed E-state index contributed by atoms with van der Waals surface area (Å²) in [6.45, 7) is 2.56. The third kappa shape index (κ3) is 4.10. The molecule has 0 amide bonds. The van der Waals surface area contributed by atoms with Crippen molar-refractivity contribution in [2.24, 2.45) is 4.99 Å². The minimum atomic E-state index is -3.46. The second-order valence-electron chi connectivity index (χ2n) is 5.81. The highest BCUT2D eigenvalue weighted by Crippen LogP contribution is 2.21. The number of rotatable bonds is 3. The van der Waals surface area contributed by atoms with Crippen molar-refractivity contribution in [3.8, 4) is 0 Å². The average Bonchev–Trinajstić information content (AvgIpc) is 2.85. The molecule has 2 aliphatic rings. The van der Waals surface area contributed by atoms with E-state index in [1.807, 2.05) is 6.07 Å². The van der Waals surface area contributed by atoms with Crippen molar-refractivity contribution in [2.45, 2.75) is 30.6 Å². The molecular weight excluding hydrogens is 314 g/mol. The minimum Gasteiger partial charge on any atom is -0.379 e. The standard InChI is InChI=1S/C16H23N3O3S/c20-23(21,19-9-11-22-12-10-19)15-6-4-5-14(13-15)18-16-7-2-1-3-8-17-16/h4-6,13H,1-3,7-12H2,(H,17,18). The number of anilines is 1. The van der Waals surface area contributed by atoms with E-state index < -0.39 is 10.0 Å². The summed E-state index contributed by atoms with van der Waals surface area (Å²) < 4.78 is 32.1. The summed E-state index contributed by atoms with van der Waals surface area (Å²) in [6, 6.07) is 6.99. The fraction of sp³-hybridized carbons (Fsp3) is 0.562. The molecule has 7 heteroatoms. The van der Waals surface area contributed by atoms with Gasteiger partial charge in [0, 0.05) is 31.7 Å². The van der Waals surface area contributed by atoms with Crippen molar-refractivity contribution < 1.29 is 13.2 Å².